The van der Waals surface area contributed by atoms with E-state index in [9.17, 15) is 22.8 Å². The zero-order chi connectivity index (χ0) is 19.5. The first-order valence-corrected chi connectivity index (χ1v) is 7.46. The van der Waals surface area contributed by atoms with Gasteiger partial charge in [-0.25, -0.2) is 4.79 Å². The van der Waals surface area contributed by atoms with Gasteiger partial charge in [-0.3, -0.25) is 4.79 Å². The Hall–Kier alpha value is -2.97. The van der Waals surface area contributed by atoms with Crippen LogP contribution in [0.15, 0.2) is 28.7 Å². The maximum absolute atomic E-state index is 12.1. The van der Waals surface area contributed by atoms with Crippen LogP contribution in [-0.2, 0) is 9.53 Å². The van der Waals surface area contributed by atoms with Crippen LogP contribution >= 0.6 is 0 Å². The number of nitrogens with one attached hydrogen (secondary N) is 1. The van der Waals surface area contributed by atoms with Crippen molar-refractivity contribution in [3.8, 4) is 5.75 Å². The molecule has 0 radical (unpaired) electrons. The third kappa shape index (κ3) is 5.01. The largest absolute Gasteiger partial charge is 0.573 e. The van der Waals surface area contributed by atoms with Crippen LogP contribution in [0, 0.1) is 20.8 Å². The van der Waals surface area contributed by atoms with Crippen LogP contribution in [0.4, 0.5) is 18.9 Å². The fraction of sp³-hybridized carbons (Fsp3) is 0.294. The van der Waals surface area contributed by atoms with E-state index in [0.29, 0.717) is 17.1 Å². The van der Waals surface area contributed by atoms with E-state index in [4.69, 9.17) is 9.15 Å². The molecule has 26 heavy (non-hydrogen) atoms. The molecule has 0 saturated carbocycles. The topological polar surface area (TPSA) is 77.8 Å². The lowest BCUT2D eigenvalue weighted by Crippen LogP contribution is -2.21. The van der Waals surface area contributed by atoms with Crippen LogP contribution in [0.5, 0.6) is 5.75 Å². The molecule has 140 valence electrons. The number of anilines is 1. The van der Waals surface area contributed by atoms with Gasteiger partial charge in [-0.15, -0.1) is 13.2 Å². The third-order valence-corrected chi connectivity index (χ3v) is 3.47. The van der Waals surface area contributed by atoms with Gasteiger partial charge in [0.25, 0.3) is 5.91 Å². The Morgan fingerprint density at radius 3 is 2.19 bits per heavy atom. The molecular weight excluding hydrogens is 355 g/mol. The molecule has 9 heteroatoms. The van der Waals surface area contributed by atoms with Gasteiger partial charge in [0, 0.05) is 11.3 Å². The summed E-state index contributed by atoms with van der Waals surface area (Å²) in [4.78, 5) is 23.9. The number of rotatable bonds is 5. The van der Waals surface area contributed by atoms with Gasteiger partial charge in [0.1, 0.15) is 22.8 Å². The van der Waals surface area contributed by atoms with E-state index in [1.165, 1.54) is 12.1 Å². The molecule has 0 bridgehead atoms. The number of esters is 1. The average Bonchev–Trinajstić information content (AvgIpc) is 2.78. The molecule has 0 aliphatic heterocycles. The molecule has 0 spiro atoms. The first-order chi connectivity index (χ1) is 12.1. The fourth-order valence-corrected chi connectivity index (χ4v) is 2.23. The molecular formula is C17H16F3NO5. The molecule has 1 aromatic carbocycles. The molecule has 1 amide bonds. The van der Waals surface area contributed by atoms with E-state index in [1.807, 2.05) is 0 Å². The van der Waals surface area contributed by atoms with Crippen molar-refractivity contribution in [3.05, 3.63) is 46.9 Å². The highest BCUT2D eigenvalue weighted by Crippen LogP contribution is 2.24. The van der Waals surface area contributed by atoms with Crippen molar-refractivity contribution < 1.29 is 36.7 Å². The van der Waals surface area contributed by atoms with Gasteiger partial charge < -0.3 is 19.2 Å². The van der Waals surface area contributed by atoms with Gasteiger partial charge in [-0.05, 0) is 45.0 Å². The highest BCUT2D eigenvalue weighted by Gasteiger charge is 2.31. The normalized spacial score (nSPS) is 11.2. The summed E-state index contributed by atoms with van der Waals surface area (Å²) in [6.07, 6.45) is -4.79. The Morgan fingerprint density at radius 2 is 1.69 bits per heavy atom. The van der Waals surface area contributed by atoms with E-state index < -0.39 is 30.6 Å². The monoisotopic (exact) mass is 371 g/mol. The second-order valence-electron chi connectivity index (χ2n) is 5.41. The summed E-state index contributed by atoms with van der Waals surface area (Å²) in [7, 11) is 0. The first kappa shape index (κ1) is 19.4. The Kier molecular flexibility index (Phi) is 5.59. The van der Waals surface area contributed by atoms with Gasteiger partial charge in [0.15, 0.2) is 6.61 Å². The maximum atomic E-state index is 12.1. The number of amides is 1. The Labute approximate surface area is 146 Å². The van der Waals surface area contributed by atoms with Gasteiger partial charge in [-0.2, -0.15) is 0 Å². The minimum Gasteiger partial charge on any atom is -0.465 e. The van der Waals surface area contributed by atoms with Gasteiger partial charge >= 0.3 is 12.3 Å². The van der Waals surface area contributed by atoms with Crippen LogP contribution in [0.1, 0.15) is 27.4 Å². The maximum Gasteiger partial charge on any atom is 0.573 e. The standard InChI is InChI=1S/C17H16F3NO5/c1-9-10(2)25-11(3)15(9)16(23)24-8-14(22)21-12-4-6-13(7-5-12)26-17(18,19)20/h4-7H,8H2,1-3H3,(H,21,22). The van der Waals surface area contributed by atoms with Gasteiger partial charge in [0.05, 0.1) is 0 Å². The zero-order valence-electron chi connectivity index (χ0n) is 14.2. The molecule has 6 nitrogen and oxygen atoms in total. The number of carbonyl (C=O) groups excluding carboxylic acids is 2. The second-order valence-corrected chi connectivity index (χ2v) is 5.41. The number of furan rings is 1. The number of alkyl halides is 3. The number of halogens is 3. The predicted octanol–water partition coefficient (Wildman–Crippen LogP) is 3.90. The Bertz CT molecular complexity index is 809. The van der Waals surface area contributed by atoms with Gasteiger partial charge in [0.2, 0.25) is 0 Å². The Balaban J connectivity index is 1.90. The number of aryl methyl sites for hydroxylation is 2. The van der Waals surface area contributed by atoms with Crippen molar-refractivity contribution in [3.63, 3.8) is 0 Å². The lowest BCUT2D eigenvalue weighted by molar-refractivity contribution is -0.274. The molecule has 2 aromatic rings. The third-order valence-electron chi connectivity index (χ3n) is 3.47. The molecule has 1 N–H and O–H groups in total. The lowest BCUT2D eigenvalue weighted by Gasteiger charge is -2.10. The second kappa shape index (κ2) is 7.51. The van der Waals surface area contributed by atoms with Crippen LogP contribution < -0.4 is 10.1 Å². The molecule has 0 saturated heterocycles. The van der Waals surface area contributed by atoms with Crippen LogP contribution in [0.25, 0.3) is 0 Å². The van der Waals surface area contributed by atoms with Gasteiger partial charge in [-0.1, -0.05) is 0 Å². The van der Waals surface area contributed by atoms with E-state index >= 15 is 0 Å². The highest BCUT2D eigenvalue weighted by atomic mass is 19.4. The van der Waals surface area contributed by atoms with Crippen molar-refractivity contribution in [2.45, 2.75) is 27.1 Å². The fourth-order valence-electron chi connectivity index (χ4n) is 2.23. The number of carbonyl (C=O) groups is 2. The average molecular weight is 371 g/mol. The summed E-state index contributed by atoms with van der Waals surface area (Å²) in [5.74, 6) is -0.770. The van der Waals surface area contributed by atoms with Crippen molar-refractivity contribution in [1.82, 2.24) is 0 Å². The molecule has 1 heterocycles. The summed E-state index contributed by atoms with van der Waals surface area (Å²) in [6.45, 7) is 4.47. The van der Waals surface area contributed by atoms with Crippen LogP contribution in [-0.4, -0.2) is 24.8 Å². The van der Waals surface area contributed by atoms with E-state index in [0.717, 1.165) is 12.1 Å². The lowest BCUT2D eigenvalue weighted by atomic mass is 10.1. The van der Waals surface area contributed by atoms with Crippen LogP contribution in [0.2, 0.25) is 0 Å². The summed E-state index contributed by atoms with van der Waals surface area (Å²) < 4.78 is 50.2. The van der Waals surface area contributed by atoms with E-state index in [-0.39, 0.29) is 11.3 Å². The number of benzene rings is 1. The summed E-state index contributed by atoms with van der Waals surface area (Å²) >= 11 is 0. The number of hydrogen-bond donors (Lipinski definition) is 1. The van der Waals surface area contributed by atoms with E-state index in [1.54, 1.807) is 20.8 Å². The minimum atomic E-state index is -4.79. The van der Waals surface area contributed by atoms with Crippen molar-refractivity contribution >= 4 is 17.6 Å². The summed E-state index contributed by atoms with van der Waals surface area (Å²) in [6, 6.07) is 4.56. The molecule has 0 atom stereocenters. The molecule has 0 unspecified atom stereocenters. The summed E-state index contributed by atoms with van der Waals surface area (Å²) in [5, 5.41) is 2.40. The molecule has 1 aromatic heterocycles. The van der Waals surface area contributed by atoms with E-state index in [2.05, 4.69) is 10.1 Å². The molecule has 2 rings (SSSR count). The highest BCUT2D eigenvalue weighted by molar-refractivity contribution is 5.96. The number of ether oxygens (including phenoxy) is 2. The molecule has 0 fully saturated rings. The van der Waals surface area contributed by atoms with Crippen molar-refractivity contribution in [2.24, 2.45) is 0 Å². The summed E-state index contributed by atoms with van der Waals surface area (Å²) in [5.41, 5.74) is 1.13. The van der Waals surface area contributed by atoms with Crippen LogP contribution in [0.3, 0.4) is 0 Å². The quantitative estimate of drug-likeness (QED) is 0.807. The first-order valence-electron chi connectivity index (χ1n) is 7.46. The predicted molar refractivity (Wildman–Crippen MR) is 85.0 cm³/mol. The SMILES string of the molecule is Cc1oc(C)c(C(=O)OCC(=O)Nc2ccc(OC(F)(F)F)cc2)c1C. The minimum absolute atomic E-state index is 0.229. The van der Waals surface area contributed by atoms with Crippen molar-refractivity contribution in [1.29, 1.82) is 0 Å². The zero-order valence-corrected chi connectivity index (χ0v) is 14.2. The molecule has 0 aliphatic carbocycles. The van der Waals surface area contributed by atoms with Crippen molar-refractivity contribution in [2.75, 3.05) is 11.9 Å². The molecule has 0 aliphatic rings. The smallest absolute Gasteiger partial charge is 0.465 e. The number of hydrogen-bond acceptors (Lipinski definition) is 5. The Morgan fingerprint density at radius 1 is 1.08 bits per heavy atom.